The molecule has 9 heteroatoms. The summed E-state index contributed by atoms with van der Waals surface area (Å²) in [6.07, 6.45) is -3.99. The molecule has 1 amide bonds. The predicted octanol–water partition coefficient (Wildman–Crippen LogP) is 2.25. The van der Waals surface area contributed by atoms with Crippen molar-refractivity contribution in [2.75, 3.05) is 6.54 Å². The molecular weight excluding hydrogens is 311 g/mol. The van der Waals surface area contributed by atoms with Crippen LogP contribution in [0.4, 0.5) is 13.2 Å². The number of halogens is 3. The van der Waals surface area contributed by atoms with Crippen LogP contribution in [0.1, 0.15) is 41.6 Å². The van der Waals surface area contributed by atoms with Crippen molar-refractivity contribution >= 4 is 5.91 Å². The molecule has 124 valence electrons. The van der Waals surface area contributed by atoms with Gasteiger partial charge in [0.1, 0.15) is 0 Å². The van der Waals surface area contributed by atoms with E-state index in [1.54, 1.807) is 4.68 Å². The predicted molar refractivity (Wildman–Crippen MR) is 75.7 cm³/mol. The minimum Gasteiger partial charge on any atom is -0.352 e. The fourth-order valence-electron chi connectivity index (χ4n) is 1.98. The van der Waals surface area contributed by atoms with Gasteiger partial charge in [0, 0.05) is 18.5 Å². The normalized spacial score (nSPS) is 11.7. The number of hydrogen-bond donors (Lipinski definition) is 1. The average molecular weight is 327 g/mol. The summed E-state index contributed by atoms with van der Waals surface area (Å²) in [5.41, 5.74) is -0.619. The Kier molecular flexibility index (Phi) is 4.97. The number of carbonyl (C=O) groups excluding carboxylic acids is 1. The first-order valence-electron chi connectivity index (χ1n) is 7.01. The van der Waals surface area contributed by atoms with Crippen molar-refractivity contribution < 1.29 is 18.0 Å². The molecule has 0 saturated heterocycles. The number of alkyl halides is 3. The van der Waals surface area contributed by atoms with Crippen LogP contribution in [0.3, 0.4) is 0 Å². The van der Waals surface area contributed by atoms with E-state index in [2.05, 4.69) is 20.8 Å². The smallest absolute Gasteiger partial charge is 0.352 e. The molecule has 1 aromatic heterocycles. The van der Waals surface area contributed by atoms with Gasteiger partial charge >= 0.3 is 6.18 Å². The first-order chi connectivity index (χ1) is 10.8. The Morgan fingerprint density at radius 3 is 2.48 bits per heavy atom. The van der Waals surface area contributed by atoms with E-state index in [0.717, 1.165) is 24.3 Å². The lowest BCUT2D eigenvalue weighted by molar-refractivity contribution is -0.137. The number of benzene rings is 1. The molecule has 0 radical (unpaired) electrons. The van der Waals surface area contributed by atoms with Crippen LogP contribution in [-0.2, 0) is 12.6 Å². The van der Waals surface area contributed by atoms with Crippen LogP contribution in [0.5, 0.6) is 0 Å². The summed E-state index contributed by atoms with van der Waals surface area (Å²) < 4.78 is 39.0. The summed E-state index contributed by atoms with van der Waals surface area (Å²) in [5.74, 6) is 0.190. The van der Waals surface area contributed by atoms with Gasteiger partial charge in [0.05, 0.1) is 11.6 Å². The number of tetrazole rings is 1. The molecule has 0 bridgehead atoms. The molecular formula is C14H16F3N5O. The van der Waals surface area contributed by atoms with Crippen LogP contribution in [0.2, 0.25) is 0 Å². The third-order valence-corrected chi connectivity index (χ3v) is 3.16. The molecule has 0 aliphatic heterocycles. The minimum atomic E-state index is -4.41. The molecule has 0 atom stereocenters. The van der Waals surface area contributed by atoms with E-state index in [1.165, 1.54) is 0 Å². The highest BCUT2D eigenvalue weighted by atomic mass is 19.4. The highest BCUT2D eigenvalue weighted by molar-refractivity contribution is 5.94. The summed E-state index contributed by atoms with van der Waals surface area (Å²) in [4.78, 5) is 11.9. The molecule has 0 spiro atoms. The summed E-state index contributed by atoms with van der Waals surface area (Å²) in [6.45, 7) is 4.15. The van der Waals surface area contributed by atoms with E-state index in [9.17, 15) is 18.0 Å². The van der Waals surface area contributed by atoms with E-state index >= 15 is 0 Å². The lowest BCUT2D eigenvalue weighted by Crippen LogP contribution is -2.26. The Hall–Kier alpha value is -2.45. The van der Waals surface area contributed by atoms with Crippen molar-refractivity contribution in [1.82, 2.24) is 25.5 Å². The van der Waals surface area contributed by atoms with Crippen molar-refractivity contribution in [3.05, 3.63) is 41.2 Å². The summed E-state index contributed by atoms with van der Waals surface area (Å²) in [6, 6.07) is 4.17. The maximum Gasteiger partial charge on any atom is 0.416 e. The van der Waals surface area contributed by atoms with Gasteiger partial charge in [-0.15, -0.1) is 5.10 Å². The number of nitrogens with one attached hydrogen (secondary N) is 1. The SMILES string of the molecule is CC(C)n1nnnc1CCNC(=O)c1ccc(C(F)(F)F)cc1. The summed E-state index contributed by atoms with van der Waals surface area (Å²) in [5, 5.41) is 13.9. The summed E-state index contributed by atoms with van der Waals surface area (Å²) >= 11 is 0. The Morgan fingerprint density at radius 2 is 1.91 bits per heavy atom. The molecule has 0 saturated carbocycles. The average Bonchev–Trinajstić information content (AvgIpc) is 2.95. The maximum absolute atomic E-state index is 12.5. The van der Waals surface area contributed by atoms with Gasteiger partial charge < -0.3 is 5.32 Å². The van der Waals surface area contributed by atoms with E-state index in [1.807, 2.05) is 13.8 Å². The largest absolute Gasteiger partial charge is 0.416 e. The van der Waals surface area contributed by atoms with E-state index in [4.69, 9.17) is 0 Å². The number of nitrogens with zero attached hydrogens (tertiary/aromatic N) is 4. The molecule has 0 aliphatic rings. The number of carbonyl (C=O) groups is 1. The van der Waals surface area contributed by atoms with Gasteiger partial charge in [0.2, 0.25) is 0 Å². The fraction of sp³-hybridized carbons (Fsp3) is 0.429. The van der Waals surface area contributed by atoms with Crippen LogP contribution in [0.25, 0.3) is 0 Å². The lowest BCUT2D eigenvalue weighted by Gasteiger charge is -2.09. The monoisotopic (exact) mass is 327 g/mol. The van der Waals surface area contributed by atoms with Gasteiger partial charge in [-0.1, -0.05) is 0 Å². The minimum absolute atomic E-state index is 0.102. The molecule has 6 nitrogen and oxygen atoms in total. The van der Waals surface area contributed by atoms with Gasteiger partial charge in [-0.25, -0.2) is 4.68 Å². The number of hydrogen-bond acceptors (Lipinski definition) is 4. The Labute approximate surface area is 130 Å². The molecule has 1 N–H and O–H groups in total. The second-order valence-corrected chi connectivity index (χ2v) is 5.21. The number of rotatable bonds is 5. The fourth-order valence-corrected chi connectivity index (χ4v) is 1.98. The van der Waals surface area contributed by atoms with Gasteiger partial charge in [-0.2, -0.15) is 13.2 Å². The highest BCUT2D eigenvalue weighted by Gasteiger charge is 2.30. The van der Waals surface area contributed by atoms with Crippen LogP contribution in [0, 0.1) is 0 Å². The van der Waals surface area contributed by atoms with Crippen LogP contribution in [0.15, 0.2) is 24.3 Å². The molecule has 0 fully saturated rings. The molecule has 0 unspecified atom stereocenters. The van der Waals surface area contributed by atoms with Crippen LogP contribution >= 0.6 is 0 Å². The van der Waals surface area contributed by atoms with Crippen molar-refractivity contribution in [2.24, 2.45) is 0 Å². The van der Waals surface area contributed by atoms with Gasteiger partial charge in [-0.05, 0) is 48.5 Å². The Morgan fingerprint density at radius 1 is 1.26 bits per heavy atom. The zero-order valence-corrected chi connectivity index (χ0v) is 12.6. The quantitative estimate of drug-likeness (QED) is 0.914. The Balaban J connectivity index is 1.91. The first kappa shape index (κ1) is 16.9. The van der Waals surface area contributed by atoms with Gasteiger partial charge in [-0.3, -0.25) is 4.79 Å². The number of aromatic nitrogens is 4. The van der Waals surface area contributed by atoms with Gasteiger partial charge in [0.15, 0.2) is 5.82 Å². The second-order valence-electron chi connectivity index (χ2n) is 5.21. The zero-order chi connectivity index (χ0) is 17.0. The molecule has 23 heavy (non-hydrogen) atoms. The van der Waals surface area contributed by atoms with Crippen molar-refractivity contribution in [3.8, 4) is 0 Å². The van der Waals surface area contributed by atoms with Gasteiger partial charge in [0.25, 0.3) is 5.91 Å². The third-order valence-electron chi connectivity index (χ3n) is 3.16. The van der Waals surface area contributed by atoms with Crippen molar-refractivity contribution in [1.29, 1.82) is 0 Å². The molecule has 1 aromatic carbocycles. The maximum atomic E-state index is 12.5. The van der Waals surface area contributed by atoms with E-state index in [0.29, 0.717) is 12.2 Å². The molecule has 2 rings (SSSR count). The topological polar surface area (TPSA) is 72.7 Å². The zero-order valence-electron chi connectivity index (χ0n) is 12.6. The first-order valence-corrected chi connectivity index (χ1v) is 7.01. The van der Waals surface area contributed by atoms with E-state index in [-0.39, 0.29) is 18.2 Å². The van der Waals surface area contributed by atoms with Crippen LogP contribution < -0.4 is 5.32 Å². The standard InChI is InChI=1S/C14H16F3N5O/c1-9(2)22-12(19-20-21-22)7-8-18-13(23)10-3-5-11(6-4-10)14(15,16)17/h3-6,9H,7-8H2,1-2H3,(H,18,23). The van der Waals surface area contributed by atoms with E-state index < -0.39 is 17.6 Å². The van der Waals surface area contributed by atoms with Crippen molar-refractivity contribution in [3.63, 3.8) is 0 Å². The lowest BCUT2D eigenvalue weighted by atomic mass is 10.1. The number of amides is 1. The third kappa shape index (κ3) is 4.27. The summed E-state index contributed by atoms with van der Waals surface area (Å²) in [7, 11) is 0. The second kappa shape index (κ2) is 6.76. The van der Waals surface area contributed by atoms with Crippen molar-refractivity contribution in [2.45, 2.75) is 32.5 Å². The molecule has 2 aromatic rings. The Bertz CT molecular complexity index is 664. The molecule has 0 aliphatic carbocycles. The molecule has 1 heterocycles. The van der Waals surface area contributed by atoms with Crippen LogP contribution in [-0.4, -0.2) is 32.7 Å². The highest BCUT2D eigenvalue weighted by Crippen LogP contribution is 2.29.